The maximum absolute atomic E-state index is 13.6. The van der Waals surface area contributed by atoms with E-state index in [1.165, 1.54) is 5.56 Å². The van der Waals surface area contributed by atoms with Gasteiger partial charge in [-0.2, -0.15) is 0 Å². The quantitative estimate of drug-likeness (QED) is 0.526. The van der Waals surface area contributed by atoms with Crippen LogP contribution in [0.4, 0.5) is 4.39 Å². The Hall–Kier alpha value is -2.76. The zero-order valence-corrected chi connectivity index (χ0v) is 20.4. The number of fused-ring (bicyclic) bond motifs is 1. The van der Waals surface area contributed by atoms with Crippen LogP contribution in [-0.4, -0.2) is 59.6 Å². The second kappa shape index (κ2) is 10.5. The second-order valence-corrected chi connectivity index (χ2v) is 10.3. The fraction of sp³-hybridized carbons (Fsp3) is 0.433. The molecule has 3 unspecified atom stereocenters. The number of aliphatic hydroxyl groups is 1. The fourth-order valence-corrected chi connectivity index (χ4v) is 6.09. The first-order chi connectivity index (χ1) is 17.0. The molecule has 2 aliphatic rings. The Labute approximate surface area is 207 Å². The molecule has 5 rings (SSSR count). The van der Waals surface area contributed by atoms with Gasteiger partial charge in [-0.1, -0.05) is 55.5 Å². The van der Waals surface area contributed by atoms with Crippen LogP contribution >= 0.6 is 0 Å². The molecule has 0 aliphatic carbocycles. The average molecular weight is 475 g/mol. The summed E-state index contributed by atoms with van der Waals surface area (Å²) in [6.45, 7) is 6.19. The van der Waals surface area contributed by atoms with E-state index < -0.39 is 6.10 Å². The van der Waals surface area contributed by atoms with Crippen molar-refractivity contribution in [1.29, 1.82) is 0 Å². The summed E-state index contributed by atoms with van der Waals surface area (Å²) >= 11 is 0. The van der Waals surface area contributed by atoms with Crippen molar-refractivity contribution in [2.45, 2.75) is 38.2 Å². The number of aliphatic hydroxyl groups excluding tert-OH is 1. The van der Waals surface area contributed by atoms with Crippen molar-refractivity contribution in [2.24, 2.45) is 11.8 Å². The molecule has 0 radical (unpaired) electrons. The van der Waals surface area contributed by atoms with Crippen LogP contribution in [0.1, 0.15) is 48.0 Å². The molecule has 1 N–H and O–H groups in total. The SMILES string of the molecule is CCC(O)C1CN(C(=O)c2cccc3ccccc23)CC1CN1CCC(c2ccc(F)cc2)CC1. The number of carbonyl (C=O) groups is 1. The molecule has 35 heavy (non-hydrogen) atoms. The van der Waals surface area contributed by atoms with Crippen LogP contribution < -0.4 is 0 Å². The maximum atomic E-state index is 13.6. The molecular weight excluding hydrogens is 439 g/mol. The van der Waals surface area contributed by atoms with Crippen molar-refractivity contribution in [3.05, 3.63) is 83.7 Å². The minimum Gasteiger partial charge on any atom is -0.393 e. The van der Waals surface area contributed by atoms with Gasteiger partial charge >= 0.3 is 0 Å². The van der Waals surface area contributed by atoms with Crippen molar-refractivity contribution < 1.29 is 14.3 Å². The molecular formula is C30H35FN2O2. The van der Waals surface area contributed by atoms with Gasteiger partial charge in [0, 0.05) is 31.1 Å². The highest BCUT2D eigenvalue weighted by molar-refractivity contribution is 6.07. The molecule has 3 aromatic carbocycles. The van der Waals surface area contributed by atoms with Crippen molar-refractivity contribution >= 4 is 16.7 Å². The smallest absolute Gasteiger partial charge is 0.254 e. The van der Waals surface area contributed by atoms with Crippen molar-refractivity contribution in [3.63, 3.8) is 0 Å². The van der Waals surface area contributed by atoms with Crippen LogP contribution in [0.3, 0.4) is 0 Å². The van der Waals surface area contributed by atoms with E-state index in [0.717, 1.165) is 48.8 Å². The lowest BCUT2D eigenvalue weighted by Crippen LogP contribution is -2.40. The summed E-state index contributed by atoms with van der Waals surface area (Å²) in [5.41, 5.74) is 1.96. The molecule has 2 saturated heterocycles. The summed E-state index contributed by atoms with van der Waals surface area (Å²) in [6.07, 6.45) is 2.40. The third-order valence-electron chi connectivity index (χ3n) is 8.13. The van der Waals surface area contributed by atoms with E-state index in [2.05, 4.69) is 4.90 Å². The summed E-state index contributed by atoms with van der Waals surface area (Å²) in [6, 6.07) is 20.9. The number of hydrogen-bond donors (Lipinski definition) is 1. The second-order valence-electron chi connectivity index (χ2n) is 10.3. The van der Waals surface area contributed by atoms with Gasteiger partial charge in [-0.25, -0.2) is 4.39 Å². The highest BCUT2D eigenvalue weighted by Gasteiger charge is 2.40. The first-order valence-corrected chi connectivity index (χ1v) is 13.0. The third kappa shape index (κ3) is 5.12. The van der Waals surface area contributed by atoms with Crippen LogP contribution in [0.15, 0.2) is 66.7 Å². The standard InChI is InChI=1S/C30H35FN2O2/c1-2-29(34)28-20-33(30(35)27-9-5-7-23-6-3-4-8-26(23)27)19-24(28)18-32-16-14-22(15-17-32)21-10-12-25(31)13-11-21/h3-13,22,24,28-29,34H,2,14-20H2,1H3. The molecule has 0 bridgehead atoms. The Morgan fingerprint density at radius 2 is 1.71 bits per heavy atom. The van der Waals surface area contributed by atoms with Gasteiger partial charge in [0.1, 0.15) is 5.82 Å². The fourth-order valence-electron chi connectivity index (χ4n) is 6.09. The molecule has 0 saturated carbocycles. The minimum absolute atomic E-state index is 0.0626. The van der Waals surface area contributed by atoms with Crippen LogP contribution in [0, 0.1) is 17.7 Å². The molecule has 2 fully saturated rings. The number of benzene rings is 3. The van der Waals surface area contributed by atoms with Crippen LogP contribution in [0.5, 0.6) is 0 Å². The largest absolute Gasteiger partial charge is 0.393 e. The van der Waals surface area contributed by atoms with E-state index in [4.69, 9.17) is 0 Å². The molecule has 2 heterocycles. The molecule has 3 aromatic rings. The lowest BCUT2D eigenvalue weighted by Gasteiger charge is -2.35. The summed E-state index contributed by atoms with van der Waals surface area (Å²) in [7, 11) is 0. The Morgan fingerprint density at radius 1 is 1.00 bits per heavy atom. The highest BCUT2D eigenvalue weighted by atomic mass is 19.1. The molecule has 3 atom stereocenters. The predicted octanol–water partition coefficient (Wildman–Crippen LogP) is 5.32. The number of rotatable bonds is 6. The van der Waals surface area contributed by atoms with Gasteiger partial charge in [-0.05, 0) is 78.7 Å². The summed E-state index contributed by atoms with van der Waals surface area (Å²) in [4.78, 5) is 18.0. The zero-order valence-electron chi connectivity index (χ0n) is 20.4. The molecule has 4 nitrogen and oxygen atoms in total. The zero-order chi connectivity index (χ0) is 24.4. The number of piperidine rings is 1. The number of carbonyl (C=O) groups excluding carboxylic acids is 1. The van der Waals surface area contributed by atoms with E-state index in [9.17, 15) is 14.3 Å². The van der Waals surface area contributed by atoms with E-state index in [1.54, 1.807) is 12.1 Å². The van der Waals surface area contributed by atoms with Gasteiger partial charge in [0.2, 0.25) is 0 Å². The number of hydrogen-bond acceptors (Lipinski definition) is 3. The topological polar surface area (TPSA) is 43.8 Å². The highest BCUT2D eigenvalue weighted by Crippen LogP contribution is 2.33. The molecule has 0 spiro atoms. The summed E-state index contributed by atoms with van der Waals surface area (Å²) in [5.74, 6) is 0.694. The van der Waals surface area contributed by atoms with Gasteiger partial charge in [0.05, 0.1) is 6.10 Å². The molecule has 5 heteroatoms. The molecule has 184 valence electrons. The van der Waals surface area contributed by atoms with E-state index >= 15 is 0 Å². The van der Waals surface area contributed by atoms with Gasteiger partial charge in [-0.3, -0.25) is 4.79 Å². The number of amides is 1. The lowest BCUT2D eigenvalue weighted by atomic mass is 9.86. The first-order valence-electron chi connectivity index (χ1n) is 13.0. The van der Waals surface area contributed by atoms with Crippen LogP contribution in [0.2, 0.25) is 0 Å². The third-order valence-corrected chi connectivity index (χ3v) is 8.13. The Bertz CT molecular complexity index is 1150. The minimum atomic E-state index is -0.401. The Kier molecular flexibility index (Phi) is 7.17. The monoisotopic (exact) mass is 474 g/mol. The summed E-state index contributed by atoms with van der Waals surface area (Å²) in [5, 5.41) is 12.9. The summed E-state index contributed by atoms with van der Waals surface area (Å²) < 4.78 is 13.3. The predicted molar refractivity (Wildman–Crippen MR) is 138 cm³/mol. The van der Waals surface area contributed by atoms with Crippen LogP contribution in [0.25, 0.3) is 10.8 Å². The van der Waals surface area contributed by atoms with E-state index in [-0.39, 0.29) is 23.6 Å². The van der Waals surface area contributed by atoms with Gasteiger partial charge in [-0.15, -0.1) is 0 Å². The number of nitrogens with zero attached hydrogens (tertiary/aromatic N) is 2. The Balaban J connectivity index is 1.26. The van der Waals surface area contributed by atoms with E-state index in [0.29, 0.717) is 25.4 Å². The van der Waals surface area contributed by atoms with Crippen molar-refractivity contribution in [2.75, 3.05) is 32.7 Å². The normalized spacial score (nSPS) is 22.5. The van der Waals surface area contributed by atoms with Crippen molar-refractivity contribution in [3.8, 4) is 0 Å². The molecule has 2 aliphatic heterocycles. The van der Waals surface area contributed by atoms with Crippen molar-refractivity contribution in [1.82, 2.24) is 9.80 Å². The number of likely N-dealkylation sites (tertiary alicyclic amines) is 2. The maximum Gasteiger partial charge on any atom is 0.254 e. The van der Waals surface area contributed by atoms with Gasteiger partial charge < -0.3 is 14.9 Å². The average Bonchev–Trinajstić information content (AvgIpc) is 3.32. The van der Waals surface area contributed by atoms with Crippen LogP contribution in [-0.2, 0) is 0 Å². The van der Waals surface area contributed by atoms with Gasteiger partial charge in [0.15, 0.2) is 0 Å². The number of halogens is 1. The van der Waals surface area contributed by atoms with Gasteiger partial charge in [0.25, 0.3) is 5.91 Å². The Morgan fingerprint density at radius 3 is 2.46 bits per heavy atom. The first kappa shape index (κ1) is 24.0. The lowest BCUT2D eigenvalue weighted by molar-refractivity contribution is 0.0685. The van der Waals surface area contributed by atoms with E-state index in [1.807, 2.05) is 66.4 Å². The molecule has 0 aromatic heterocycles. The molecule has 1 amide bonds.